The van der Waals surface area contributed by atoms with Crippen molar-refractivity contribution < 1.29 is 4.79 Å². The summed E-state index contributed by atoms with van der Waals surface area (Å²) in [5.41, 5.74) is 4.95. The Hall–Kier alpha value is -3.80. The van der Waals surface area contributed by atoms with Crippen LogP contribution in [0.1, 0.15) is 41.9 Å². The molecule has 1 aromatic heterocycles. The van der Waals surface area contributed by atoms with Gasteiger partial charge in [-0.05, 0) is 54.3 Å². The van der Waals surface area contributed by atoms with Crippen molar-refractivity contribution in [2.24, 2.45) is 0 Å². The van der Waals surface area contributed by atoms with E-state index in [0.29, 0.717) is 35.3 Å². The van der Waals surface area contributed by atoms with E-state index in [1.165, 1.54) is 13.3 Å². The summed E-state index contributed by atoms with van der Waals surface area (Å²) in [4.78, 5) is 24.7. The van der Waals surface area contributed by atoms with Gasteiger partial charge in [-0.2, -0.15) is 10.2 Å². The van der Waals surface area contributed by atoms with E-state index in [1.54, 1.807) is 6.07 Å². The number of halogens is 1. The topological polar surface area (TPSA) is 116 Å². The first-order chi connectivity index (χ1) is 15.9. The van der Waals surface area contributed by atoms with Crippen molar-refractivity contribution in [1.29, 1.82) is 5.26 Å². The van der Waals surface area contributed by atoms with Gasteiger partial charge >= 0.3 is 0 Å². The molecule has 9 heteroatoms. The molecule has 0 saturated carbocycles. The van der Waals surface area contributed by atoms with Crippen LogP contribution in [0.4, 0.5) is 17.3 Å². The zero-order valence-corrected chi connectivity index (χ0v) is 18.9. The van der Waals surface area contributed by atoms with Crippen LogP contribution in [0.5, 0.6) is 0 Å². The number of hydrogen-bond donors (Lipinski definition) is 3. The van der Waals surface area contributed by atoms with Crippen molar-refractivity contribution in [2.75, 3.05) is 17.2 Å². The first kappa shape index (κ1) is 22.4. The quantitative estimate of drug-likeness (QED) is 0.513. The van der Waals surface area contributed by atoms with Crippen LogP contribution in [-0.4, -0.2) is 27.4 Å². The molecule has 4 rings (SSSR count). The number of rotatable bonds is 5. The zero-order chi connectivity index (χ0) is 23.4. The molecule has 3 aromatic rings. The van der Waals surface area contributed by atoms with E-state index in [1.807, 2.05) is 37.3 Å². The molecule has 1 amide bonds. The minimum Gasteiger partial charge on any atom is -0.326 e. The van der Waals surface area contributed by atoms with E-state index >= 15 is 0 Å². The molecule has 0 spiro atoms. The van der Waals surface area contributed by atoms with Crippen LogP contribution in [0.15, 0.2) is 48.8 Å². The van der Waals surface area contributed by atoms with E-state index in [-0.39, 0.29) is 11.9 Å². The van der Waals surface area contributed by atoms with E-state index < -0.39 is 0 Å². The Morgan fingerprint density at radius 3 is 2.82 bits per heavy atom. The van der Waals surface area contributed by atoms with Gasteiger partial charge in [-0.1, -0.05) is 29.8 Å². The third-order valence-corrected chi connectivity index (χ3v) is 5.70. The SMILES string of the molecule is CC(=O)Nc1cccc(Nc2ncnc(C3CC(c4ccc(C#N)c(Cl)c4)=CCN3)n2)c1C. The average Bonchev–Trinajstić information content (AvgIpc) is 2.81. The van der Waals surface area contributed by atoms with E-state index in [0.717, 1.165) is 28.1 Å². The van der Waals surface area contributed by atoms with Gasteiger partial charge in [-0.15, -0.1) is 0 Å². The molecular weight excluding hydrogens is 438 g/mol. The van der Waals surface area contributed by atoms with Crippen LogP contribution in [0, 0.1) is 18.3 Å². The van der Waals surface area contributed by atoms with Crippen molar-refractivity contribution in [3.63, 3.8) is 0 Å². The van der Waals surface area contributed by atoms with E-state index in [2.05, 4.69) is 43.0 Å². The zero-order valence-electron chi connectivity index (χ0n) is 18.2. The number of carbonyl (C=O) groups is 1. The first-order valence-electron chi connectivity index (χ1n) is 10.4. The molecule has 0 radical (unpaired) electrons. The molecule has 33 heavy (non-hydrogen) atoms. The lowest BCUT2D eigenvalue weighted by molar-refractivity contribution is -0.114. The summed E-state index contributed by atoms with van der Waals surface area (Å²) in [6.45, 7) is 4.05. The van der Waals surface area contributed by atoms with Gasteiger partial charge in [-0.3, -0.25) is 4.79 Å². The Bertz CT molecular complexity index is 1280. The lowest BCUT2D eigenvalue weighted by Gasteiger charge is -2.24. The van der Waals surface area contributed by atoms with E-state index in [4.69, 9.17) is 16.9 Å². The normalized spacial score (nSPS) is 15.3. The Morgan fingerprint density at radius 1 is 1.24 bits per heavy atom. The minimum absolute atomic E-state index is 0.102. The third kappa shape index (κ3) is 5.17. The number of hydrogen-bond acceptors (Lipinski definition) is 7. The van der Waals surface area contributed by atoms with Gasteiger partial charge in [0, 0.05) is 24.8 Å². The number of amides is 1. The summed E-state index contributed by atoms with van der Waals surface area (Å²) >= 11 is 6.22. The van der Waals surface area contributed by atoms with Crippen LogP contribution < -0.4 is 16.0 Å². The molecule has 1 aliphatic heterocycles. The summed E-state index contributed by atoms with van der Waals surface area (Å²) in [6.07, 6.45) is 4.25. The van der Waals surface area contributed by atoms with Gasteiger partial charge in [0.2, 0.25) is 11.9 Å². The number of anilines is 3. The highest BCUT2D eigenvalue weighted by atomic mass is 35.5. The van der Waals surface area contributed by atoms with Crippen LogP contribution >= 0.6 is 11.6 Å². The van der Waals surface area contributed by atoms with Crippen LogP contribution in [0.25, 0.3) is 5.57 Å². The Morgan fingerprint density at radius 2 is 2.06 bits per heavy atom. The molecule has 0 fully saturated rings. The summed E-state index contributed by atoms with van der Waals surface area (Å²) in [5.74, 6) is 0.907. The molecule has 1 aliphatic rings. The summed E-state index contributed by atoms with van der Waals surface area (Å²) in [5, 5.41) is 19.0. The second kappa shape index (κ2) is 9.77. The van der Waals surface area contributed by atoms with Crippen molar-refractivity contribution >= 4 is 40.4 Å². The van der Waals surface area contributed by atoms with E-state index in [9.17, 15) is 4.79 Å². The van der Waals surface area contributed by atoms with Crippen molar-refractivity contribution in [3.05, 3.63) is 76.3 Å². The number of nitriles is 1. The Balaban J connectivity index is 1.53. The fourth-order valence-electron chi connectivity index (χ4n) is 3.68. The third-order valence-electron chi connectivity index (χ3n) is 5.39. The largest absolute Gasteiger partial charge is 0.326 e. The molecule has 2 heterocycles. The lowest BCUT2D eigenvalue weighted by atomic mass is 9.94. The molecule has 1 unspecified atom stereocenters. The standard InChI is InChI=1S/C24H22ClN7O/c1-14-20(30-15(2)33)4-3-5-21(14)31-24-29-13-28-23(32-24)22-11-17(8-9-27-22)16-6-7-18(12-26)19(25)10-16/h3-8,10,13,22,27H,9,11H2,1-2H3,(H,30,33)(H,28,29,31,32). The molecule has 2 aromatic carbocycles. The average molecular weight is 460 g/mol. The van der Waals surface area contributed by atoms with Gasteiger partial charge in [0.15, 0.2) is 5.82 Å². The Kier molecular flexibility index (Phi) is 6.63. The smallest absolute Gasteiger partial charge is 0.230 e. The first-order valence-corrected chi connectivity index (χ1v) is 10.8. The fourth-order valence-corrected chi connectivity index (χ4v) is 3.90. The highest BCUT2D eigenvalue weighted by Gasteiger charge is 2.21. The predicted molar refractivity (Wildman–Crippen MR) is 128 cm³/mol. The monoisotopic (exact) mass is 459 g/mol. The molecule has 3 N–H and O–H groups in total. The molecule has 1 atom stereocenters. The highest BCUT2D eigenvalue weighted by Crippen LogP contribution is 2.31. The molecular formula is C24H22ClN7O. The van der Waals surface area contributed by atoms with Gasteiger partial charge in [0.05, 0.1) is 16.6 Å². The number of nitrogens with one attached hydrogen (secondary N) is 3. The van der Waals surface area contributed by atoms with Gasteiger partial charge < -0.3 is 16.0 Å². The van der Waals surface area contributed by atoms with Gasteiger partial charge in [0.1, 0.15) is 12.4 Å². The number of nitrogens with zero attached hydrogens (tertiary/aromatic N) is 4. The predicted octanol–water partition coefficient (Wildman–Crippen LogP) is 4.53. The molecule has 0 bridgehead atoms. The van der Waals surface area contributed by atoms with Gasteiger partial charge in [0.25, 0.3) is 0 Å². The second-order valence-electron chi connectivity index (χ2n) is 7.65. The number of carbonyl (C=O) groups excluding carboxylic acids is 1. The maximum Gasteiger partial charge on any atom is 0.230 e. The van der Waals surface area contributed by atoms with Crippen molar-refractivity contribution in [1.82, 2.24) is 20.3 Å². The lowest BCUT2D eigenvalue weighted by Crippen LogP contribution is -2.27. The fraction of sp³-hybridized carbons (Fsp3) is 0.208. The summed E-state index contributed by atoms with van der Waals surface area (Å²) < 4.78 is 0. The molecule has 0 aliphatic carbocycles. The molecule has 0 saturated heterocycles. The maximum atomic E-state index is 11.4. The van der Waals surface area contributed by atoms with Crippen LogP contribution in [0.2, 0.25) is 5.02 Å². The van der Waals surface area contributed by atoms with Crippen LogP contribution in [0.3, 0.4) is 0 Å². The highest BCUT2D eigenvalue weighted by molar-refractivity contribution is 6.31. The van der Waals surface area contributed by atoms with Gasteiger partial charge in [-0.25, -0.2) is 9.97 Å². The minimum atomic E-state index is -0.131. The van der Waals surface area contributed by atoms with Crippen molar-refractivity contribution in [3.8, 4) is 6.07 Å². The van der Waals surface area contributed by atoms with Crippen molar-refractivity contribution in [2.45, 2.75) is 26.3 Å². The van der Waals surface area contributed by atoms with Crippen LogP contribution in [-0.2, 0) is 4.79 Å². The maximum absolute atomic E-state index is 11.4. The summed E-state index contributed by atoms with van der Waals surface area (Å²) in [6, 6.07) is 13.0. The number of benzene rings is 2. The summed E-state index contributed by atoms with van der Waals surface area (Å²) in [7, 11) is 0. The molecule has 166 valence electrons. The molecule has 8 nitrogen and oxygen atoms in total. The number of aromatic nitrogens is 3. The second-order valence-corrected chi connectivity index (χ2v) is 8.06. The Labute approximate surface area is 196 Å².